The third-order valence-electron chi connectivity index (χ3n) is 5.27. The van der Waals surface area contributed by atoms with Gasteiger partial charge >= 0.3 is 5.97 Å². The van der Waals surface area contributed by atoms with Crippen LogP contribution in [0.1, 0.15) is 49.4 Å². The average molecular weight is 417 g/mol. The van der Waals surface area contributed by atoms with E-state index in [4.69, 9.17) is 15.6 Å². The van der Waals surface area contributed by atoms with E-state index >= 15 is 0 Å². The number of ketones is 2. The smallest absolute Gasteiger partial charge is 0.303 e. The lowest BCUT2D eigenvalue weighted by Crippen LogP contribution is -2.22. The highest BCUT2D eigenvalue weighted by atomic mass is 16.5. The Morgan fingerprint density at radius 1 is 0.968 bits per heavy atom. The minimum Gasteiger partial charge on any atom is -0.507 e. The largest absolute Gasteiger partial charge is 0.507 e. The standard InChI is InChI=1S/C24H19NO6/c1-12-10-13(7-9-19(27)28)6-8-17(12)31-18-11-16(26)20-21(22(18)25)24(30)15-5-3-2-4-14(15)23(20)29/h2-6,8,10-11,26H,7,9,25H2,1H3,(H,27,28). The molecule has 0 saturated carbocycles. The number of ether oxygens (including phenoxy) is 1. The van der Waals surface area contributed by atoms with Crippen LogP contribution in [0.2, 0.25) is 0 Å². The van der Waals surface area contributed by atoms with Crippen molar-refractivity contribution in [3.63, 3.8) is 0 Å². The number of fused-ring (bicyclic) bond motifs is 2. The molecule has 1 aliphatic carbocycles. The fourth-order valence-electron chi connectivity index (χ4n) is 3.71. The lowest BCUT2D eigenvalue weighted by molar-refractivity contribution is -0.136. The van der Waals surface area contributed by atoms with Crippen molar-refractivity contribution >= 4 is 23.2 Å². The van der Waals surface area contributed by atoms with E-state index < -0.39 is 17.5 Å². The van der Waals surface area contributed by atoms with Crippen LogP contribution in [-0.4, -0.2) is 27.7 Å². The van der Waals surface area contributed by atoms with E-state index in [0.717, 1.165) is 11.1 Å². The monoisotopic (exact) mass is 417 g/mol. The number of benzene rings is 3. The van der Waals surface area contributed by atoms with Gasteiger partial charge in [0.2, 0.25) is 0 Å². The Kier molecular flexibility index (Phi) is 4.94. The number of phenols is 1. The van der Waals surface area contributed by atoms with Crippen LogP contribution in [-0.2, 0) is 11.2 Å². The second kappa shape index (κ2) is 7.60. The molecule has 0 spiro atoms. The van der Waals surface area contributed by atoms with E-state index in [1.807, 2.05) is 0 Å². The Hall–Kier alpha value is -4.13. The Morgan fingerprint density at radius 3 is 2.23 bits per heavy atom. The highest BCUT2D eigenvalue weighted by Crippen LogP contribution is 2.42. The molecule has 4 N–H and O–H groups in total. The summed E-state index contributed by atoms with van der Waals surface area (Å²) in [4.78, 5) is 36.6. The quantitative estimate of drug-likeness (QED) is 0.332. The molecular formula is C24H19NO6. The Morgan fingerprint density at radius 2 is 1.61 bits per heavy atom. The molecule has 0 heterocycles. The van der Waals surface area contributed by atoms with Gasteiger partial charge in [0.1, 0.15) is 11.5 Å². The maximum absolute atomic E-state index is 13.0. The van der Waals surface area contributed by atoms with Crippen LogP contribution in [0.15, 0.2) is 48.5 Å². The molecule has 0 aliphatic heterocycles. The summed E-state index contributed by atoms with van der Waals surface area (Å²) in [6.07, 6.45) is 0.400. The number of carbonyl (C=O) groups is 3. The topological polar surface area (TPSA) is 127 Å². The summed E-state index contributed by atoms with van der Waals surface area (Å²) in [6, 6.07) is 12.8. The van der Waals surface area contributed by atoms with Crippen LogP contribution in [0, 0.1) is 6.92 Å². The minimum absolute atomic E-state index is 0.0168. The fourth-order valence-corrected chi connectivity index (χ4v) is 3.71. The molecule has 0 fully saturated rings. The van der Waals surface area contributed by atoms with Crippen molar-refractivity contribution in [2.45, 2.75) is 19.8 Å². The van der Waals surface area contributed by atoms with Crippen LogP contribution in [0.5, 0.6) is 17.2 Å². The minimum atomic E-state index is -0.879. The molecule has 3 aromatic rings. The van der Waals surface area contributed by atoms with Gasteiger partial charge in [-0.05, 0) is 30.5 Å². The summed E-state index contributed by atoms with van der Waals surface area (Å²) in [5.74, 6) is -1.71. The number of rotatable bonds is 5. The number of carbonyl (C=O) groups excluding carboxylic acids is 2. The summed E-state index contributed by atoms with van der Waals surface area (Å²) in [5, 5.41) is 19.4. The van der Waals surface area contributed by atoms with Gasteiger partial charge in [0.15, 0.2) is 17.3 Å². The van der Waals surface area contributed by atoms with Crippen molar-refractivity contribution < 1.29 is 29.3 Å². The summed E-state index contributed by atoms with van der Waals surface area (Å²) in [6.45, 7) is 1.79. The number of hydrogen-bond acceptors (Lipinski definition) is 6. The lowest BCUT2D eigenvalue weighted by atomic mass is 9.82. The van der Waals surface area contributed by atoms with Crippen molar-refractivity contribution in [2.24, 2.45) is 0 Å². The van der Waals surface area contributed by atoms with Crippen molar-refractivity contribution in [3.8, 4) is 17.2 Å². The highest BCUT2D eigenvalue weighted by molar-refractivity contribution is 6.31. The number of nitrogen functional groups attached to an aromatic ring is 1. The second-order valence-corrected chi connectivity index (χ2v) is 7.36. The van der Waals surface area contributed by atoms with Crippen LogP contribution in [0.3, 0.4) is 0 Å². The number of carboxylic acid groups (broad SMARTS) is 1. The van der Waals surface area contributed by atoms with Crippen LogP contribution in [0.25, 0.3) is 0 Å². The predicted octanol–water partition coefficient (Wildman–Crippen LogP) is 3.87. The molecule has 7 nitrogen and oxygen atoms in total. The molecule has 0 bridgehead atoms. The maximum atomic E-state index is 13.0. The van der Waals surface area contributed by atoms with E-state index in [2.05, 4.69) is 0 Å². The van der Waals surface area contributed by atoms with Crippen LogP contribution >= 0.6 is 0 Å². The fraction of sp³-hybridized carbons (Fsp3) is 0.125. The van der Waals surface area contributed by atoms with E-state index in [1.165, 1.54) is 12.1 Å². The third-order valence-corrected chi connectivity index (χ3v) is 5.27. The van der Waals surface area contributed by atoms with Crippen molar-refractivity contribution in [3.05, 3.63) is 81.9 Å². The average Bonchev–Trinajstić information content (AvgIpc) is 2.74. The first kappa shape index (κ1) is 20.2. The molecule has 7 heteroatoms. The normalized spacial score (nSPS) is 12.3. The molecular weight excluding hydrogens is 398 g/mol. The molecule has 0 atom stereocenters. The molecule has 4 rings (SSSR count). The van der Waals surface area contributed by atoms with Crippen LogP contribution in [0.4, 0.5) is 5.69 Å². The van der Waals surface area contributed by atoms with Crippen molar-refractivity contribution in [2.75, 3.05) is 5.73 Å². The summed E-state index contributed by atoms with van der Waals surface area (Å²) in [7, 11) is 0. The number of phenolic OH excluding ortho intramolecular Hbond substituents is 1. The number of aromatic hydroxyl groups is 1. The van der Waals surface area contributed by atoms with Gasteiger partial charge in [-0.3, -0.25) is 14.4 Å². The van der Waals surface area contributed by atoms with Gasteiger partial charge in [-0.1, -0.05) is 36.4 Å². The number of anilines is 1. The Labute approximate surface area is 177 Å². The highest BCUT2D eigenvalue weighted by Gasteiger charge is 2.35. The molecule has 3 aromatic carbocycles. The molecule has 1 aliphatic rings. The van der Waals surface area contributed by atoms with E-state index in [0.29, 0.717) is 12.2 Å². The van der Waals surface area contributed by atoms with Gasteiger partial charge in [0.25, 0.3) is 0 Å². The van der Waals surface area contributed by atoms with Crippen molar-refractivity contribution in [1.82, 2.24) is 0 Å². The Balaban J connectivity index is 1.72. The van der Waals surface area contributed by atoms with Gasteiger partial charge < -0.3 is 20.7 Å². The zero-order valence-corrected chi connectivity index (χ0v) is 16.6. The zero-order chi connectivity index (χ0) is 22.3. The predicted molar refractivity (Wildman–Crippen MR) is 113 cm³/mol. The summed E-state index contributed by atoms with van der Waals surface area (Å²) >= 11 is 0. The van der Waals surface area contributed by atoms with E-state index in [1.54, 1.807) is 43.3 Å². The number of carboxylic acids is 1. The second-order valence-electron chi connectivity index (χ2n) is 7.36. The number of hydrogen-bond donors (Lipinski definition) is 3. The maximum Gasteiger partial charge on any atom is 0.303 e. The van der Waals surface area contributed by atoms with Gasteiger partial charge in [0, 0.05) is 23.6 Å². The van der Waals surface area contributed by atoms with E-state index in [-0.39, 0.29) is 45.9 Å². The summed E-state index contributed by atoms with van der Waals surface area (Å²) < 4.78 is 5.87. The third kappa shape index (κ3) is 3.50. The number of aryl methyl sites for hydroxylation is 2. The summed E-state index contributed by atoms with van der Waals surface area (Å²) in [5.41, 5.74) is 7.99. The number of nitrogens with two attached hydrogens (primary N) is 1. The van der Waals surface area contributed by atoms with Crippen molar-refractivity contribution in [1.29, 1.82) is 0 Å². The first-order chi connectivity index (χ1) is 14.8. The zero-order valence-electron chi connectivity index (χ0n) is 16.6. The molecule has 0 unspecified atom stereocenters. The molecule has 0 amide bonds. The van der Waals surface area contributed by atoms with Gasteiger partial charge in [-0.2, -0.15) is 0 Å². The first-order valence-corrected chi connectivity index (χ1v) is 9.61. The van der Waals surface area contributed by atoms with Gasteiger partial charge in [0.05, 0.1) is 16.8 Å². The van der Waals surface area contributed by atoms with E-state index in [9.17, 15) is 19.5 Å². The molecule has 0 aromatic heterocycles. The first-order valence-electron chi connectivity index (χ1n) is 9.61. The van der Waals surface area contributed by atoms with Gasteiger partial charge in [-0.25, -0.2) is 0 Å². The SMILES string of the molecule is Cc1cc(CCC(=O)O)ccc1Oc1cc(O)c2c(c1N)C(=O)c1ccccc1C2=O. The van der Waals surface area contributed by atoms with Crippen LogP contribution < -0.4 is 10.5 Å². The Bertz CT molecular complexity index is 1260. The molecule has 31 heavy (non-hydrogen) atoms. The molecule has 0 saturated heterocycles. The lowest BCUT2D eigenvalue weighted by Gasteiger charge is -2.22. The molecule has 156 valence electrons. The van der Waals surface area contributed by atoms with Gasteiger partial charge in [-0.15, -0.1) is 0 Å². The molecule has 0 radical (unpaired) electrons. The number of aliphatic carboxylic acids is 1.